The standard InChI is InChI=1S/C9H9NO4/c1-14-8-4-6(5-11)2-3-7(8)10-9(12)13/h2-5,10H,1H3,(H,12,13). The Bertz CT molecular complexity index is 362. The molecule has 5 nitrogen and oxygen atoms in total. The third-order valence-electron chi connectivity index (χ3n) is 1.60. The molecule has 1 rings (SSSR count). The third-order valence-corrected chi connectivity index (χ3v) is 1.60. The van der Waals surface area contributed by atoms with Crippen LogP contribution in [0.1, 0.15) is 10.4 Å². The van der Waals surface area contributed by atoms with Gasteiger partial charge in [0.1, 0.15) is 12.0 Å². The maximum atomic E-state index is 10.4. The molecule has 0 aromatic heterocycles. The molecular formula is C9H9NO4. The lowest BCUT2D eigenvalue weighted by Gasteiger charge is -2.07. The first-order chi connectivity index (χ1) is 6.67. The van der Waals surface area contributed by atoms with Crippen LogP contribution in [0, 0.1) is 0 Å². The molecule has 14 heavy (non-hydrogen) atoms. The van der Waals surface area contributed by atoms with Crippen LogP contribution in [0.4, 0.5) is 10.5 Å². The molecule has 0 unspecified atom stereocenters. The molecule has 1 aromatic rings. The summed E-state index contributed by atoms with van der Waals surface area (Å²) in [5, 5.41) is 10.6. The zero-order chi connectivity index (χ0) is 10.6. The summed E-state index contributed by atoms with van der Waals surface area (Å²) >= 11 is 0. The van der Waals surface area contributed by atoms with Gasteiger partial charge in [-0.2, -0.15) is 0 Å². The molecule has 74 valence electrons. The number of benzene rings is 1. The number of anilines is 1. The molecule has 5 heteroatoms. The van der Waals surface area contributed by atoms with E-state index in [1.165, 1.54) is 25.3 Å². The topological polar surface area (TPSA) is 75.6 Å². The lowest BCUT2D eigenvalue weighted by molar-refractivity contribution is 0.112. The van der Waals surface area contributed by atoms with Gasteiger partial charge in [-0.05, 0) is 18.2 Å². The number of hydrogen-bond acceptors (Lipinski definition) is 3. The Morgan fingerprint density at radius 3 is 2.79 bits per heavy atom. The molecule has 1 aromatic carbocycles. The second-order valence-electron chi connectivity index (χ2n) is 2.51. The van der Waals surface area contributed by atoms with Crippen LogP contribution in [0.15, 0.2) is 18.2 Å². The van der Waals surface area contributed by atoms with E-state index in [0.29, 0.717) is 23.3 Å². The van der Waals surface area contributed by atoms with Crippen LogP contribution in [-0.2, 0) is 0 Å². The van der Waals surface area contributed by atoms with Gasteiger partial charge < -0.3 is 9.84 Å². The first kappa shape index (κ1) is 10.0. The maximum Gasteiger partial charge on any atom is 0.409 e. The van der Waals surface area contributed by atoms with Crippen LogP contribution < -0.4 is 10.1 Å². The number of aldehydes is 1. The third kappa shape index (κ3) is 2.22. The molecule has 2 N–H and O–H groups in total. The largest absolute Gasteiger partial charge is 0.495 e. The van der Waals surface area contributed by atoms with Gasteiger partial charge in [0.15, 0.2) is 0 Å². The van der Waals surface area contributed by atoms with Crippen molar-refractivity contribution in [2.45, 2.75) is 0 Å². The zero-order valence-electron chi connectivity index (χ0n) is 7.48. The monoisotopic (exact) mass is 195 g/mol. The van der Waals surface area contributed by atoms with Gasteiger partial charge in [0.05, 0.1) is 12.8 Å². The van der Waals surface area contributed by atoms with E-state index >= 15 is 0 Å². The predicted molar refractivity (Wildman–Crippen MR) is 50.0 cm³/mol. The minimum atomic E-state index is -1.18. The molecular weight excluding hydrogens is 186 g/mol. The first-order valence-corrected chi connectivity index (χ1v) is 3.80. The van der Waals surface area contributed by atoms with Crippen molar-refractivity contribution in [3.05, 3.63) is 23.8 Å². The fraction of sp³-hybridized carbons (Fsp3) is 0.111. The molecule has 0 fully saturated rings. The molecule has 1 amide bonds. The first-order valence-electron chi connectivity index (χ1n) is 3.80. The number of carbonyl (C=O) groups is 2. The molecule has 0 bridgehead atoms. The summed E-state index contributed by atoms with van der Waals surface area (Å²) in [5.74, 6) is 0.317. The van der Waals surface area contributed by atoms with Crippen LogP contribution in [0.5, 0.6) is 5.75 Å². The smallest absolute Gasteiger partial charge is 0.409 e. The predicted octanol–water partition coefficient (Wildman–Crippen LogP) is 1.60. The van der Waals surface area contributed by atoms with Crippen LogP contribution in [-0.4, -0.2) is 24.6 Å². The highest BCUT2D eigenvalue weighted by Crippen LogP contribution is 2.24. The lowest BCUT2D eigenvalue weighted by atomic mass is 10.2. The Kier molecular flexibility index (Phi) is 3.06. The zero-order valence-corrected chi connectivity index (χ0v) is 7.48. The Labute approximate surface area is 80.3 Å². The number of methoxy groups -OCH3 is 1. The van der Waals surface area contributed by atoms with E-state index in [9.17, 15) is 9.59 Å². The van der Waals surface area contributed by atoms with Gasteiger partial charge in [-0.3, -0.25) is 10.1 Å². The SMILES string of the molecule is COc1cc(C=O)ccc1NC(=O)O. The number of amides is 1. The second-order valence-corrected chi connectivity index (χ2v) is 2.51. The molecule has 0 saturated heterocycles. The van der Waals surface area contributed by atoms with E-state index in [0.717, 1.165) is 0 Å². The fourth-order valence-electron chi connectivity index (χ4n) is 1.000. The van der Waals surface area contributed by atoms with Gasteiger partial charge in [-0.1, -0.05) is 0 Å². The van der Waals surface area contributed by atoms with Gasteiger partial charge in [0.25, 0.3) is 0 Å². The van der Waals surface area contributed by atoms with Crippen LogP contribution >= 0.6 is 0 Å². The minimum absolute atomic E-state index is 0.311. The normalized spacial score (nSPS) is 9.21. The Morgan fingerprint density at radius 2 is 2.29 bits per heavy atom. The van der Waals surface area contributed by atoms with Gasteiger partial charge in [0.2, 0.25) is 0 Å². The highest BCUT2D eigenvalue weighted by molar-refractivity contribution is 5.87. The second kappa shape index (κ2) is 4.27. The van der Waals surface area contributed by atoms with Crippen molar-refractivity contribution < 1.29 is 19.4 Å². The summed E-state index contributed by atoms with van der Waals surface area (Å²) in [6, 6.07) is 4.43. The molecule has 0 radical (unpaired) electrons. The minimum Gasteiger partial charge on any atom is -0.495 e. The van der Waals surface area contributed by atoms with Gasteiger partial charge >= 0.3 is 6.09 Å². The van der Waals surface area contributed by atoms with Crippen molar-refractivity contribution in [1.82, 2.24) is 0 Å². The van der Waals surface area contributed by atoms with Crippen molar-refractivity contribution >= 4 is 18.1 Å². The molecule has 0 aliphatic rings. The Balaban J connectivity index is 3.04. The maximum absolute atomic E-state index is 10.4. The van der Waals surface area contributed by atoms with Gasteiger partial charge in [0, 0.05) is 5.56 Å². The van der Waals surface area contributed by atoms with Crippen LogP contribution in [0.25, 0.3) is 0 Å². The van der Waals surface area contributed by atoms with Crippen LogP contribution in [0.3, 0.4) is 0 Å². The summed E-state index contributed by atoms with van der Waals surface area (Å²) in [6.07, 6.45) is -0.519. The fourth-order valence-corrected chi connectivity index (χ4v) is 1.000. The summed E-state index contributed by atoms with van der Waals surface area (Å²) in [7, 11) is 1.40. The number of hydrogen-bond donors (Lipinski definition) is 2. The number of ether oxygens (including phenoxy) is 1. The van der Waals surface area contributed by atoms with E-state index in [-0.39, 0.29) is 0 Å². The highest BCUT2D eigenvalue weighted by Gasteiger charge is 2.06. The highest BCUT2D eigenvalue weighted by atomic mass is 16.5. The quantitative estimate of drug-likeness (QED) is 0.718. The molecule has 0 saturated carbocycles. The van der Waals surface area contributed by atoms with Gasteiger partial charge in [-0.25, -0.2) is 4.79 Å². The number of carboxylic acid groups (broad SMARTS) is 1. The summed E-state index contributed by atoms with van der Waals surface area (Å²) < 4.78 is 4.90. The van der Waals surface area contributed by atoms with Crippen molar-refractivity contribution in [2.24, 2.45) is 0 Å². The van der Waals surface area contributed by atoms with E-state index in [4.69, 9.17) is 9.84 Å². The van der Waals surface area contributed by atoms with Gasteiger partial charge in [-0.15, -0.1) is 0 Å². The molecule has 0 aliphatic heterocycles. The summed E-state index contributed by atoms with van der Waals surface area (Å²) in [4.78, 5) is 20.8. The van der Waals surface area contributed by atoms with E-state index in [1.54, 1.807) is 0 Å². The van der Waals surface area contributed by atoms with E-state index in [1.807, 2.05) is 0 Å². The Hall–Kier alpha value is -2.04. The van der Waals surface area contributed by atoms with Crippen molar-refractivity contribution in [3.63, 3.8) is 0 Å². The molecule has 0 atom stereocenters. The summed E-state index contributed by atoms with van der Waals surface area (Å²) in [5.41, 5.74) is 0.739. The lowest BCUT2D eigenvalue weighted by Crippen LogP contribution is -2.08. The van der Waals surface area contributed by atoms with E-state index < -0.39 is 6.09 Å². The molecule has 0 heterocycles. The molecule has 0 aliphatic carbocycles. The van der Waals surface area contributed by atoms with Crippen LogP contribution in [0.2, 0.25) is 0 Å². The number of rotatable bonds is 3. The van der Waals surface area contributed by atoms with Crippen molar-refractivity contribution in [2.75, 3.05) is 12.4 Å². The average Bonchev–Trinajstić information content (AvgIpc) is 2.17. The average molecular weight is 195 g/mol. The number of nitrogens with one attached hydrogen (secondary N) is 1. The number of carbonyl (C=O) groups excluding carboxylic acids is 1. The molecule has 0 spiro atoms. The van der Waals surface area contributed by atoms with Crippen molar-refractivity contribution in [1.29, 1.82) is 0 Å². The van der Waals surface area contributed by atoms with E-state index in [2.05, 4.69) is 5.32 Å². The van der Waals surface area contributed by atoms with Crippen molar-refractivity contribution in [3.8, 4) is 5.75 Å². The Morgan fingerprint density at radius 1 is 1.57 bits per heavy atom. The summed E-state index contributed by atoms with van der Waals surface area (Å²) in [6.45, 7) is 0.